The van der Waals surface area contributed by atoms with Crippen LogP contribution in [0.25, 0.3) is 11.0 Å². The first kappa shape index (κ1) is 19.3. The number of rotatable bonds is 4. The second kappa shape index (κ2) is 6.68. The molecule has 0 bridgehead atoms. The third-order valence-corrected chi connectivity index (χ3v) is 6.40. The van der Waals surface area contributed by atoms with Gasteiger partial charge in [-0.3, -0.25) is 0 Å². The summed E-state index contributed by atoms with van der Waals surface area (Å²) in [4.78, 5) is 12.5. The van der Waals surface area contributed by atoms with Crippen LogP contribution < -0.4 is 9.80 Å². The van der Waals surface area contributed by atoms with Gasteiger partial charge in [-0.25, -0.2) is 18.4 Å². The Morgan fingerprint density at radius 1 is 1.10 bits per heavy atom. The van der Waals surface area contributed by atoms with Crippen LogP contribution in [0.2, 0.25) is 0 Å². The Morgan fingerprint density at radius 2 is 1.87 bits per heavy atom. The van der Waals surface area contributed by atoms with Crippen LogP contribution in [0.4, 0.5) is 33.0 Å². The molecule has 5 heterocycles. The van der Waals surface area contributed by atoms with Crippen molar-refractivity contribution in [2.75, 3.05) is 36.0 Å². The molecule has 2 saturated heterocycles. The van der Waals surface area contributed by atoms with Gasteiger partial charge in [0.2, 0.25) is 16.1 Å². The maximum Gasteiger partial charge on any atom is 0.445 e. The van der Waals surface area contributed by atoms with E-state index in [0.717, 1.165) is 11.1 Å². The van der Waals surface area contributed by atoms with Crippen molar-refractivity contribution in [3.63, 3.8) is 0 Å². The van der Waals surface area contributed by atoms with Crippen molar-refractivity contribution >= 4 is 33.5 Å². The molecule has 0 aliphatic carbocycles. The van der Waals surface area contributed by atoms with Crippen LogP contribution in [-0.4, -0.2) is 62.6 Å². The third kappa shape index (κ3) is 3.32. The van der Waals surface area contributed by atoms with E-state index in [0.29, 0.717) is 54.5 Å². The van der Waals surface area contributed by atoms with Crippen LogP contribution in [0.5, 0.6) is 0 Å². The van der Waals surface area contributed by atoms with E-state index in [1.165, 1.54) is 6.20 Å². The number of hydrogen-bond donors (Lipinski definition) is 0. The highest BCUT2D eigenvalue weighted by Gasteiger charge is 2.49. The van der Waals surface area contributed by atoms with Gasteiger partial charge in [-0.2, -0.15) is 23.3 Å². The molecule has 30 heavy (non-hydrogen) atoms. The van der Waals surface area contributed by atoms with Gasteiger partial charge in [-0.05, 0) is 6.42 Å². The van der Waals surface area contributed by atoms with Crippen molar-refractivity contribution in [1.29, 1.82) is 0 Å². The first-order chi connectivity index (χ1) is 14.2. The molecular formula is C16H15F5N8S. The van der Waals surface area contributed by atoms with Gasteiger partial charge in [0.1, 0.15) is 6.54 Å². The first-order valence-electron chi connectivity index (χ1n) is 9.10. The molecule has 3 aromatic heterocycles. The number of halogens is 5. The first-order valence-corrected chi connectivity index (χ1v) is 9.91. The number of aromatic nitrogens is 6. The molecule has 0 N–H and O–H groups in total. The van der Waals surface area contributed by atoms with Gasteiger partial charge in [0.15, 0.2) is 5.65 Å². The number of nitrogens with zero attached hydrogens (tertiary/aromatic N) is 8. The number of anilines is 2. The summed E-state index contributed by atoms with van der Waals surface area (Å²) >= 11 is 0.541. The molecule has 5 rings (SSSR count). The topological polar surface area (TPSA) is 75.9 Å². The maximum atomic E-state index is 12.7. The molecule has 0 atom stereocenters. The van der Waals surface area contributed by atoms with E-state index in [2.05, 4.69) is 25.3 Å². The highest BCUT2D eigenvalue weighted by molar-refractivity contribution is 7.15. The summed E-state index contributed by atoms with van der Waals surface area (Å²) < 4.78 is 64.8. The van der Waals surface area contributed by atoms with Crippen molar-refractivity contribution in [1.82, 2.24) is 29.9 Å². The maximum absolute atomic E-state index is 12.7. The average Bonchev–Trinajstić information content (AvgIpc) is 3.37. The number of alkyl halides is 5. The summed E-state index contributed by atoms with van der Waals surface area (Å²) in [5.41, 5.74) is 0.260. The fourth-order valence-electron chi connectivity index (χ4n) is 3.99. The molecule has 2 aliphatic heterocycles. The Bertz CT molecular complexity index is 1070. The van der Waals surface area contributed by atoms with E-state index in [-0.39, 0.29) is 10.5 Å². The van der Waals surface area contributed by atoms with Crippen LogP contribution in [0.1, 0.15) is 11.4 Å². The van der Waals surface area contributed by atoms with Crippen LogP contribution in [0, 0.1) is 5.41 Å². The minimum atomic E-state index is -4.49. The normalized spacial score (nSPS) is 18.7. The molecule has 1 spiro atoms. The second-order valence-corrected chi connectivity index (χ2v) is 8.54. The van der Waals surface area contributed by atoms with Crippen LogP contribution in [-0.2, 0) is 12.7 Å². The predicted molar refractivity (Wildman–Crippen MR) is 97.7 cm³/mol. The fraction of sp³-hybridized carbons (Fsp3) is 0.562. The summed E-state index contributed by atoms with van der Waals surface area (Å²) in [6.45, 7) is 1.90. The molecule has 14 heteroatoms. The largest absolute Gasteiger partial charge is 0.445 e. The Morgan fingerprint density at radius 3 is 2.57 bits per heavy atom. The monoisotopic (exact) mass is 446 g/mol. The van der Waals surface area contributed by atoms with E-state index in [4.69, 9.17) is 0 Å². The zero-order chi connectivity index (χ0) is 21.1. The van der Waals surface area contributed by atoms with Crippen molar-refractivity contribution in [3.05, 3.63) is 17.4 Å². The van der Waals surface area contributed by atoms with E-state index >= 15 is 0 Å². The van der Waals surface area contributed by atoms with Gasteiger partial charge >= 0.3 is 6.18 Å². The molecule has 0 amide bonds. The van der Waals surface area contributed by atoms with Crippen LogP contribution in [0.15, 0.2) is 12.4 Å². The van der Waals surface area contributed by atoms with Gasteiger partial charge in [-0.15, -0.1) is 10.2 Å². The zero-order valence-corrected chi connectivity index (χ0v) is 16.2. The van der Waals surface area contributed by atoms with Crippen molar-refractivity contribution < 1.29 is 22.0 Å². The highest BCUT2D eigenvalue weighted by atomic mass is 32.1. The minimum absolute atomic E-state index is 0.0917. The van der Waals surface area contributed by atoms with E-state index in [1.54, 1.807) is 11.1 Å². The van der Waals surface area contributed by atoms with E-state index in [1.807, 2.05) is 4.90 Å². The SMILES string of the molecule is FC(F)Cn1ncc2cnc(N3CCC4(C3)CN(c3nnc(C(F)(F)F)s3)C4)nc21. The lowest BCUT2D eigenvalue weighted by atomic mass is 9.79. The minimum Gasteiger partial charge on any atom is -0.345 e. The van der Waals surface area contributed by atoms with Gasteiger partial charge in [0.05, 0.1) is 11.6 Å². The fourth-order valence-corrected chi connectivity index (χ4v) is 4.70. The second-order valence-electron chi connectivity index (χ2n) is 7.58. The molecule has 2 aliphatic rings. The molecule has 0 aromatic carbocycles. The van der Waals surface area contributed by atoms with E-state index < -0.39 is 24.2 Å². The van der Waals surface area contributed by atoms with Gasteiger partial charge in [0, 0.05) is 37.8 Å². The standard InChI is InChI=1S/C16H15F5N8S/c17-10(18)5-29-11-9(4-23-29)3-22-13(24-11)27-2-1-15(6-27)7-28(8-15)14-26-25-12(30-14)16(19,20)21/h3-4,10H,1-2,5-8H2. The summed E-state index contributed by atoms with van der Waals surface area (Å²) in [6.07, 6.45) is -3.19. The van der Waals surface area contributed by atoms with E-state index in [9.17, 15) is 22.0 Å². The quantitative estimate of drug-likeness (QED) is 0.571. The molecule has 0 unspecified atom stereocenters. The Balaban J connectivity index is 1.28. The third-order valence-electron chi connectivity index (χ3n) is 5.38. The smallest absolute Gasteiger partial charge is 0.345 e. The molecule has 160 valence electrons. The van der Waals surface area contributed by atoms with Gasteiger partial charge in [0.25, 0.3) is 6.43 Å². The van der Waals surface area contributed by atoms with Crippen LogP contribution in [0.3, 0.4) is 0 Å². The average molecular weight is 446 g/mol. The number of fused-ring (bicyclic) bond motifs is 1. The van der Waals surface area contributed by atoms with Crippen LogP contribution >= 0.6 is 11.3 Å². The molecular weight excluding hydrogens is 431 g/mol. The summed E-state index contributed by atoms with van der Waals surface area (Å²) in [6, 6.07) is 0. The van der Waals surface area contributed by atoms with Gasteiger partial charge in [-0.1, -0.05) is 11.3 Å². The summed E-state index contributed by atoms with van der Waals surface area (Å²) in [5, 5.41) is 10.7. The van der Waals surface area contributed by atoms with Crippen molar-refractivity contribution in [3.8, 4) is 0 Å². The molecule has 0 saturated carbocycles. The molecule has 8 nitrogen and oxygen atoms in total. The van der Waals surface area contributed by atoms with Crippen molar-refractivity contribution in [2.45, 2.75) is 25.6 Å². The lowest BCUT2D eigenvalue weighted by Gasteiger charge is -2.47. The predicted octanol–water partition coefficient (Wildman–Crippen LogP) is 2.68. The molecule has 3 aromatic rings. The van der Waals surface area contributed by atoms with Gasteiger partial charge < -0.3 is 9.80 Å². The molecule has 0 radical (unpaired) electrons. The Hall–Kier alpha value is -2.64. The lowest BCUT2D eigenvalue weighted by molar-refractivity contribution is -0.138. The summed E-state index contributed by atoms with van der Waals surface area (Å²) in [5.74, 6) is 0.434. The summed E-state index contributed by atoms with van der Waals surface area (Å²) in [7, 11) is 0. The molecule has 2 fully saturated rings. The lowest BCUT2D eigenvalue weighted by Crippen LogP contribution is -2.57. The Labute approximate surface area is 170 Å². The van der Waals surface area contributed by atoms with Crippen molar-refractivity contribution in [2.24, 2.45) is 5.41 Å². The zero-order valence-electron chi connectivity index (χ0n) is 15.4. The Kier molecular flexibility index (Phi) is 4.31. The number of hydrogen-bond acceptors (Lipinski definition) is 8. The highest BCUT2D eigenvalue weighted by Crippen LogP contribution is 2.44.